The number of nitrogens with one attached hydrogen (secondary N) is 3. The minimum atomic E-state index is -4.85. The third-order valence-corrected chi connectivity index (χ3v) is 7.34. The lowest BCUT2D eigenvalue weighted by Gasteiger charge is -2.36. The first-order chi connectivity index (χ1) is 18.2. The Morgan fingerprint density at radius 2 is 1.77 bits per heavy atom. The third kappa shape index (κ3) is 7.10. The summed E-state index contributed by atoms with van der Waals surface area (Å²) in [7, 11) is 0. The van der Waals surface area contributed by atoms with E-state index in [2.05, 4.69) is 10.6 Å². The van der Waals surface area contributed by atoms with Crippen LogP contribution >= 0.6 is 11.6 Å². The van der Waals surface area contributed by atoms with Crippen LogP contribution in [0.15, 0.2) is 0 Å². The summed E-state index contributed by atoms with van der Waals surface area (Å²) in [5.41, 5.74) is -1.84. The van der Waals surface area contributed by atoms with E-state index in [9.17, 15) is 50.3 Å². The van der Waals surface area contributed by atoms with Crippen molar-refractivity contribution in [3.8, 4) is 0 Å². The van der Waals surface area contributed by atoms with E-state index in [-0.39, 0.29) is 13.0 Å². The molecular weight excluding hydrogens is 576 g/mol. The van der Waals surface area contributed by atoms with E-state index < -0.39 is 108 Å². The second kappa shape index (κ2) is 11.2. The maximum absolute atomic E-state index is 13.7. The Balaban J connectivity index is 1.86. The van der Waals surface area contributed by atoms with Crippen LogP contribution in [0.2, 0.25) is 0 Å². The number of carbonyl (C=O) groups is 5. The van der Waals surface area contributed by atoms with E-state index in [1.54, 1.807) is 0 Å². The number of halogens is 7. The monoisotopic (exact) mass is 605 g/mol. The molecule has 6 atom stereocenters. The maximum Gasteiger partial charge on any atom is 0.393 e. The lowest BCUT2D eigenvalue weighted by Crippen LogP contribution is -2.60. The van der Waals surface area contributed by atoms with Crippen LogP contribution < -0.4 is 16.1 Å². The molecule has 40 heavy (non-hydrogen) atoms. The first-order valence-corrected chi connectivity index (χ1v) is 12.9. The van der Waals surface area contributed by atoms with Gasteiger partial charge in [-0.15, -0.1) is 0 Å². The predicted octanol–water partition coefficient (Wildman–Crippen LogP) is 1.48. The lowest BCUT2D eigenvalue weighted by atomic mass is 9.85. The summed E-state index contributed by atoms with van der Waals surface area (Å²) in [6.45, 7) is 3.04. The van der Waals surface area contributed by atoms with Crippen molar-refractivity contribution in [2.75, 3.05) is 19.6 Å². The summed E-state index contributed by atoms with van der Waals surface area (Å²) in [6.07, 6.45) is -6.30. The number of amides is 5. The van der Waals surface area contributed by atoms with E-state index in [1.165, 1.54) is 20.8 Å². The molecule has 0 aromatic carbocycles. The van der Waals surface area contributed by atoms with E-state index in [1.807, 2.05) is 5.43 Å². The van der Waals surface area contributed by atoms with Crippen LogP contribution in [0.1, 0.15) is 40.0 Å². The number of alkyl halides is 7. The topological polar surface area (TPSA) is 128 Å². The highest BCUT2D eigenvalue weighted by molar-refractivity contribution is 6.29. The molecule has 0 aromatic rings. The van der Waals surface area contributed by atoms with Crippen molar-refractivity contribution in [1.82, 2.24) is 26.0 Å². The molecule has 2 saturated heterocycles. The maximum atomic E-state index is 13.7. The number of carbonyl (C=O) groups excluding carboxylic acids is 5. The molecule has 17 heteroatoms. The quantitative estimate of drug-likeness (QED) is 0.230. The number of nitrogens with zero attached hydrogens (tertiary/aromatic N) is 2. The summed E-state index contributed by atoms with van der Waals surface area (Å²) < 4.78 is 81.6. The first-order valence-electron chi connectivity index (χ1n) is 12.5. The zero-order valence-corrected chi connectivity index (χ0v) is 22.5. The van der Waals surface area contributed by atoms with Gasteiger partial charge in [-0.25, -0.2) is 18.2 Å². The average molecular weight is 606 g/mol. The molecule has 3 rings (SSSR count). The third-order valence-electron chi connectivity index (χ3n) is 7.16. The van der Waals surface area contributed by atoms with E-state index in [0.29, 0.717) is 9.91 Å². The molecular formula is C23H30ClF6N5O5. The molecule has 0 aromatic heterocycles. The van der Waals surface area contributed by atoms with Crippen molar-refractivity contribution < 1.29 is 50.3 Å². The largest absolute Gasteiger partial charge is 0.393 e. The minimum Gasteiger partial charge on any atom is -0.356 e. The molecule has 5 amide bonds. The van der Waals surface area contributed by atoms with Gasteiger partial charge in [0.25, 0.3) is 23.4 Å². The minimum absolute atomic E-state index is 0.217. The van der Waals surface area contributed by atoms with Crippen LogP contribution in [0.25, 0.3) is 0 Å². The molecule has 1 saturated carbocycles. The van der Waals surface area contributed by atoms with Crippen molar-refractivity contribution in [3.05, 3.63) is 0 Å². The van der Waals surface area contributed by atoms with E-state index in [4.69, 9.17) is 11.6 Å². The van der Waals surface area contributed by atoms with Crippen molar-refractivity contribution in [1.29, 1.82) is 0 Å². The molecule has 0 spiro atoms. The second-order valence-corrected chi connectivity index (χ2v) is 11.7. The standard InChI is InChI=1S/C23H30ClF6N5O5/c1-21(2,3)14(32-17(37)12-7-22(12,26)27)19(39)34-9-11(23(28,29)30)6-13(34)18(38)33-35(20(40)15(24)25)8-10-4-5-31-16(10)36/h10-15H,4-9H2,1-3H3,(H,31,36)(H,32,37)(H,33,38)/t10-,11+,12-,13-,14+,15-/m0/s1. The van der Waals surface area contributed by atoms with Gasteiger partial charge in [-0.05, 0) is 18.3 Å². The molecule has 3 N–H and O–H groups in total. The molecule has 1 aliphatic carbocycles. The number of hydrogen-bond acceptors (Lipinski definition) is 5. The highest BCUT2D eigenvalue weighted by atomic mass is 35.5. The highest BCUT2D eigenvalue weighted by Crippen LogP contribution is 2.49. The normalized spacial score (nSPS) is 27.4. The Morgan fingerprint density at radius 3 is 2.23 bits per heavy atom. The molecule has 10 nitrogen and oxygen atoms in total. The fraction of sp³-hybridized carbons (Fsp3) is 0.783. The fourth-order valence-corrected chi connectivity index (χ4v) is 4.79. The van der Waals surface area contributed by atoms with E-state index >= 15 is 0 Å². The van der Waals surface area contributed by atoms with Gasteiger partial charge >= 0.3 is 6.18 Å². The van der Waals surface area contributed by atoms with Crippen LogP contribution in [-0.4, -0.2) is 88.9 Å². The van der Waals surface area contributed by atoms with Gasteiger partial charge in [-0.1, -0.05) is 32.4 Å². The zero-order valence-electron chi connectivity index (χ0n) is 21.8. The van der Waals surface area contributed by atoms with Crippen molar-refractivity contribution >= 4 is 41.1 Å². The predicted molar refractivity (Wildman–Crippen MR) is 126 cm³/mol. The Morgan fingerprint density at radius 1 is 1.18 bits per heavy atom. The van der Waals surface area contributed by atoms with Crippen LogP contribution in [-0.2, 0) is 24.0 Å². The molecule has 0 unspecified atom stereocenters. The van der Waals surface area contributed by atoms with Gasteiger partial charge in [0.2, 0.25) is 17.7 Å². The SMILES string of the molecule is CC(C)(C)[C@H](NC(=O)[C@@H]1CC1(F)F)C(=O)N1C[C@H](C(F)(F)F)C[C@H]1C(=O)NN(C[C@@H]1CCNC1=O)C(=O)[C@H](F)Cl. The molecule has 3 fully saturated rings. The Kier molecular flexibility index (Phi) is 8.92. The first kappa shape index (κ1) is 31.7. The van der Waals surface area contributed by atoms with Gasteiger partial charge < -0.3 is 15.5 Å². The van der Waals surface area contributed by atoms with Crippen LogP contribution in [0.5, 0.6) is 0 Å². The van der Waals surface area contributed by atoms with Crippen molar-refractivity contribution in [2.24, 2.45) is 23.2 Å². The highest BCUT2D eigenvalue weighted by Gasteiger charge is 2.62. The lowest BCUT2D eigenvalue weighted by molar-refractivity contribution is -0.171. The summed E-state index contributed by atoms with van der Waals surface area (Å²) in [4.78, 5) is 63.9. The smallest absolute Gasteiger partial charge is 0.356 e. The summed E-state index contributed by atoms with van der Waals surface area (Å²) in [6, 6.07) is -3.43. The summed E-state index contributed by atoms with van der Waals surface area (Å²) in [5, 5.41) is 5.06. The number of hydrazine groups is 1. The summed E-state index contributed by atoms with van der Waals surface area (Å²) in [5.74, 6) is -13.6. The van der Waals surface area contributed by atoms with E-state index in [0.717, 1.165) is 0 Å². The van der Waals surface area contributed by atoms with Crippen LogP contribution in [0.4, 0.5) is 26.3 Å². The Labute approximate surface area is 230 Å². The zero-order chi connectivity index (χ0) is 30.4. The molecule has 3 aliphatic rings. The van der Waals surface area contributed by atoms with Gasteiger partial charge in [0.05, 0.1) is 18.4 Å². The number of hydrogen-bond donors (Lipinski definition) is 3. The second-order valence-electron chi connectivity index (χ2n) is 11.3. The van der Waals surface area contributed by atoms with Gasteiger partial charge in [0.1, 0.15) is 18.0 Å². The van der Waals surface area contributed by atoms with Crippen molar-refractivity contribution in [2.45, 2.75) is 69.8 Å². The van der Waals surface area contributed by atoms with Gasteiger partial charge in [-0.3, -0.25) is 29.4 Å². The molecule has 2 heterocycles. The van der Waals surface area contributed by atoms with Gasteiger partial charge in [0, 0.05) is 19.5 Å². The van der Waals surface area contributed by atoms with Gasteiger partial charge in [-0.2, -0.15) is 13.2 Å². The number of rotatable bonds is 7. The Bertz CT molecular complexity index is 1050. The fourth-order valence-electron chi connectivity index (χ4n) is 4.68. The Hall–Kier alpha value is -2.78. The molecule has 226 valence electrons. The molecule has 2 aliphatic heterocycles. The average Bonchev–Trinajstić information content (AvgIpc) is 3.15. The van der Waals surface area contributed by atoms with Gasteiger partial charge in [0.15, 0.2) is 0 Å². The van der Waals surface area contributed by atoms with Crippen LogP contribution in [0.3, 0.4) is 0 Å². The number of likely N-dealkylation sites (tertiary alicyclic amines) is 1. The molecule has 0 bridgehead atoms. The molecule has 0 radical (unpaired) electrons. The van der Waals surface area contributed by atoms with Crippen molar-refractivity contribution in [3.63, 3.8) is 0 Å². The summed E-state index contributed by atoms with van der Waals surface area (Å²) >= 11 is 5.22. The van der Waals surface area contributed by atoms with Crippen LogP contribution in [0, 0.1) is 23.2 Å².